The second kappa shape index (κ2) is 15.4. The largest absolute Gasteiger partial charge is 0.355 e. The van der Waals surface area contributed by atoms with Crippen LogP contribution in [0.2, 0.25) is 0 Å². The van der Waals surface area contributed by atoms with E-state index in [2.05, 4.69) is 259 Å². The Morgan fingerprint density at radius 1 is 0.244 bits per heavy atom. The summed E-state index contributed by atoms with van der Waals surface area (Å²) < 4.78 is 9.47. The van der Waals surface area contributed by atoms with E-state index in [1.54, 1.807) is 0 Å². The van der Waals surface area contributed by atoms with E-state index in [1.807, 2.05) is 6.07 Å². The fourth-order valence-corrected chi connectivity index (χ4v) is 13.2. The first-order valence-electron chi connectivity index (χ1n) is 26.4. The summed E-state index contributed by atoms with van der Waals surface area (Å²) in [5, 5.41) is 13.8. The third-order valence-electron chi connectivity index (χ3n) is 16.5. The molecular formula is C69H41N9. The Balaban J connectivity index is 0.980. The summed E-state index contributed by atoms with van der Waals surface area (Å²) in [5.74, 6) is 1.61. The summed E-state index contributed by atoms with van der Waals surface area (Å²) in [7, 11) is 0. The Morgan fingerprint density at radius 2 is 0.577 bits per heavy atom. The summed E-state index contributed by atoms with van der Waals surface area (Å²) in [6.45, 7) is 0. The summed E-state index contributed by atoms with van der Waals surface area (Å²) >= 11 is 0. The molecule has 0 spiro atoms. The van der Waals surface area contributed by atoms with Crippen LogP contribution < -0.4 is 0 Å². The minimum absolute atomic E-state index is 0.518. The zero-order chi connectivity index (χ0) is 50.7. The number of H-pyrrole nitrogens is 2. The van der Waals surface area contributed by atoms with Gasteiger partial charge in [0.1, 0.15) is 0 Å². The second-order valence-corrected chi connectivity index (χ2v) is 20.6. The van der Waals surface area contributed by atoms with Crippen molar-refractivity contribution in [2.24, 2.45) is 0 Å². The molecule has 0 radical (unpaired) electrons. The zero-order valence-electron chi connectivity index (χ0n) is 41.6. The first-order chi connectivity index (χ1) is 38.7. The minimum Gasteiger partial charge on any atom is -0.355 e. The second-order valence-electron chi connectivity index (χ2n) is 20.6. The van der Waals surface area contributed by atoms with E-state index >= 15 is 0 Å². The lowest BCUT2D eigenvalue weighted by Crippen LogP contribution is -2.11. The van der Waals surface area contributed by atoms with Crippen LogP contribution in [0, 0.1) is 0 Å². The third kappa shape index (κ3) is 5.60. The fourth-order valence-electron chi connectivity index (χ4n) is 13.2. The Hall–Kier alpha value is -10.8. The molecule has 0 amide bonds. The van der Waals surface area contributed by atoms with Gasteiger partial charge in [-0.05, 0) is 72.8 Å². The lowest BCUT2D eigenvalue weighted by molar-refractivity contribution is 0.893. The van der Waals surface area contributed by atoms with Gasteiger partial charge < -0.3 is 19.1 Å². The average molecular weight is 996 g/mol. The predicted molar refractivity (Wildman–Crippen MR) is 321 cm³/mol. The minimum atomic E-state index is 0.518. The highest BCUT2D eigenvalue weighted by molar-refractivity contribution is 6.26. The number of nitrogens with zero attached hydrogens (tertiary/aromatic N) is 7. The van der Waals surface area contributed by atoms with Crippen molar-refractivity contribution >= 4 is 131 Å². The van der Waals surface area contributed by atoms with Gasteiger partial charge in [-0.15, -0.1) is 0 Å². The van der Waals surface area contributed by atoms with Crippen LogP contribution in [0.15, 0.2) is 237 Å². The van der Waals surface area contributed by atoms with Gasteiger partial charge in [-0.2, -0.15) is 15.0 Å². The standard InChI is InChI=1S/C69H41N9/c1-2-16-40(17-3-1)67-72-68(77-61-28-14-8-22-47(61)51-34-32-49-45-20-6-12-26-59(45)75(63(49)65(51)77)41-30-36-57-53(38-41)43-18-4-10-24-55(43)70-57)74-69(73-67)78-62-29-15-9-23-48(62)52-35-33-50-46-21-7-13-27-60(46)76(64(50)66(52)78)42-31-37-58-54(39-42)44-19-5-11-25-56(44)71-58/h1-39,70-71H. The Labute approximate surface area is 443 Å². The molecule has 0 aliphatic heterocycles. The van der Waals surface area contributed by atoms with Crippen LogP contribution in [-0.4, -0.2) is 43.2 Å². The predicted octanol–water partition coefficient (Wildman–Crippen LogP) is 17.2. The van der Waals surface area contributed by atoms with E-state index in [4.69, 9.17) is 15.0 Å². The van der Waals surface area contributed by atoms with Crippen LogP contribution in [0.1, 0.15) is 0 Å². The van der Waals surface area contributed by atoms with E-state index in [-0.39, 0.29) is 0 Å². The van der Waals surface area contributed by atoms with Crippen LogP contribution in [-0.2, 0) is 0 Å². The molecule has 7 heterocycles. The molecule has 11 aromatic carbocycles. The zero-order valence-corrected chi connectivity index (χ0v) is 41.6. The van der Waals surface area contributed by atoms with Crippen molar-refractivity contribution < 1.29 is 0 Å². The van der Waals surface area contributed by atoms with Crippen molar-refractivity contribution in [3.05, 3.63) is 237 Å². The lowest BCUT2D eigenvalue weighted by Gasteiger charge is -2.15. The smallest absolute Gasteiger partial charge is 0.240 e. The maximum Gasteiger partial charge on any atom is 0.240 e. The van der Waals surface area contributed by atoms with Gasteiger partial charge in [-0.25, -0.2) is 0 Å². The molecule has 362 valence electrons. The number of fused-ring (bicyclic) bond motifs is 20. The number of aromatic nitrogens is 9. The molecule has 0 saturated carbocycles. The lowest BCUT2D eigenvalue weighted by atomic mass is 10.1. The first kappa shape index (κ1) is 41.6. The van der Waals surface area contributed by atoms with Crippen molar-refractivity contribution in [3.8, 4) is 34.7 Å². The number of hydrogen-bond acceptors (Lipinski definition) is 3. The van der Waals surface area contributed by atoms with Crippen molar-refractivity contribution in [2.75, 3.05) is 0 Å². The van der Waals surface area contributed by atoms with Crippen molar-refractivity contribution in [1.82, 2.24) is 43.2 Å². The van der Waals surface area contributed by atoms with Crippen LogP contribution >= 0.6 is 0 Å². The van der Waals surface area contributed by atoms with Gasteiger partial charge in [0.25, 0.3) is 0 Å². The molecule has 18 aromatic rings. The molecule has 0 aliphatic carbocycles. The highest BCUT2D eigenvalue weighted by Gasteiger charge is 2.27. The molecule has 0 saturated heterocycles. The molecule has 78 heavy (non-hydrogen) atoms. The number of para-hydroxylation sites is 6. The molecule has 18 rings (SSSR count). The third-order valence-corrected chi connectivity index (χ3v) is 16.5. The highest BCUT2D eigenvalue weighted by atomic mass is 15.3. The number of rotatable bonds is 5. The van der Waals surface area contributed by atoms with Crippen molar-refractivity contribution in [3.63, 3.8) is 0 Å². The van der Waals surface area contributed by atoms with E-state index in [0.717, 1.165) is 115 Å². The van der Waals surface area contributed by atoms with Gasteiger partial charge >= 0.3 is 0 Å². The van der Waals surface area contributed by atoms with Gasteiger partial charge in [0.05, 0.1) is 44.1 Å². The normalized spacial score (nSPS) is 12.4. The van der Waals surface area contributed by atoms with Crippen LogP contribution in [0.3, 0.4) is 0 Å². The van der Waals surface area contributed by atoms with E-state index in [0.29, 0.717) is 17.7 Å². The highest BCUT2D eigenvalue weighted by Crippen LogP contribution is 2.45. The molecule has 9 nitrogen and oxygen atoms in total. The van der Waals surface area contributed by atoms with Crippen molar-refractivity contribution in [1.29, 1.82) is 0 Å². The quantitative estimate of drug-likeness (QED) is 0.180. The summed E-state index contributed by atoms with van der Waals surface area (Å²) in [4.78, 5) is 24.2. The molecule has 0 bridgehead atoms. The maximum atomic E-state index is 5.78. The van der Waals surface area contributed by atoms with Gasteiger partial charge in [-0.1, -0.05) is 164 Å². The molecule has 9 heteroatoms. The number of benzene rings is 11. The summed E-state index contributed by atoms with van der Waals surface area (Å²) in [5.41, 5.74) is 15.9. The van der Waals surface area contributed by atoms with Gasteiger partial charge in [-0.3, -0.25) is 9.13 Å². The first-order valence-corrected chi connectivity index (χ1v) is 26.4. The van der Waals surface area contributed by atoms with E-state index < -0.39 is 0 Å². The molecule has 0 unspecified atom stereocenters. The number of aromatic amines is 2. The molecule has 0 aliphatic rings. The van der Waals surface area contributed by atoms with Crippen LogP contribution in [0.25, 0.3) is 165 Å². The SMILES string of the molecule is c1ccc(-c2nc(-n3c4ccccc4c4ccc5c6ccccc6n(-c6ccc7[nH]c8ccccc8c7c6)c5c43)nc(-n3c4ccccc4c4ccc5c6ccccc6n(-c6ccc7[nH]c8ccccc8c7c6)c5c43)n2)cc1. The van der Waals surface area contributed by atoms with Crippen molar-refractivity contribution in [2.45, 2.75) is 0 Å². The number of hydrogen-bond donors (Lipinski definition) is 2. The van der Waals surface area contributed by atoms with Gasteiger partial charge in [0, 0.05) is 104 Å². The average Bonchev–Trinajstić information content (AvgIpc) is 4.43. The fraction of sp³-hybridized carbons (Fsp3) is 0. The summed E-state index contributed by atoms with van der Waals surface area (Å²) in [6.07, 6.45) is 0. The Morgan fingerprint density at radius 3 is 1.00 bits per heavy atom. The number of nitrogens with one attached hydrogen (secondary N) is 2. The Kier molecular flexibility index (Phi) is 8.21. The van der Waals surface area contributed by atoms with Crippen LogP contribution in [0.4, 0.5) is 0 Å². The monoisotopic (exact) mass is 995 g/mol. The van der Waals surface area contributed by atoms with E-state index in [9.17, 15) is 0 Å². The molecule has 0 atom stereocenters. The topological polar surface area (TPSA) is 90.0 Å². The van der Waals surface area contributed by atoms with E-state index in [1.165, 1.54) is 32.3 Å². The molecule has 2 N–H and O–H groups in total. The Bertz CT molecular complexity index is 5260. The summed E-state index contributed by atoms with van der Waals surface area (Å²) in [6, 6.07) is 85.1. The van der Waals surface area contributed by atoms with Gasteiger partial charge in [0.15, 0.2) is 5.82 Å². The maximum absolute atomic E-state index is 5.78. The molecular weight excluding hydrogens is 955 g/mol. The van der Waals surface area contributed by atoms with Gasteiger partial charge in [0.2, 0.25) is 11.9 Å². The molecule has 0 fully saturated rings. The molecule has 7 aromatic heterocycles. The van der Waals surface area contributed by atoms with Crippen LogP contribution in [0.5, 0.6) is 0 Å².